The molecule has 0 aliphatic heterocycles. The van der Waals surface area contributed by atoms with E-state index in [9.17, 15) is 39.9 Å². The molecule has 2 aromatic rings. The predicted octanol–water partition coefficient (Wildman–Crippen LogP) is 6.05. The smallest absolute Gasteiger partial charge is 0.352 e. The number of nitrogens with zero attached hydrogens (tertiary/aromatic N) is 2. The number of anilines is 1. The second-order valence-electron chi connectivity index (χ2n) is 7.61. The van der Waals surface area contributed by atoms with Crippen molar-refractivity contribution in [2.24, 2.45) is 13.0 Å². The summed E-state index contributed by atoms with van der Waals surface area (Å²) in [6.07, 6.45) is -8.52. The van der Waals surface area contributed by atoms with E-state index >= 15 is 0 Å². The van der Waals surface area contributed by atoms with Gasteiger partial charge in [-0.3, -0.25) is 9.48 Å². The molecule has 1 aliphatic rings. The van der Waals surface area contributed by atoms with E-state index in [2.05, 4.69) is 10.4 Å². The van der Waals surface area contributed by atoms with Crippen molar-refractivity contribution in [1.29, 1.82) is 5.41 Å². The lowest BCUT2D eigenvalue weighted by atomic mass is 10.1. The van der Waals surface area contributed by atoms with E-state index in [1.54, 1.807) is 0 Å². The van der Waals surface area contributed by atoms with Gasteiger partial charge in [-0.25, -0.2) is 0 Å². The zero-order chi connectivity index (χ0) is 26.3. The maximum atomic E-state index is 13.8. The Hall–Kier alpha value is -2.68. The van der Waals surface area contributed by atoms with Gasteiger partial charge in [0.2, 0.25) is 0 Å². The molecule has 16 heteroatoms. The second-order valence-corrected chi connectivity index (χ2v) is 9.26. The van der Waals surface area contributed by atoms with Gasteiger partial charge in [0.05, 0.1) is 5.56 Å². The molecule has 6 nitrogen and oxygen atoms in total. The number of carbonyl (C=O) groups is 1. The SMILES string of the molecule is Cn1nc(C(F)(F)C(F)(F)F)c(C(F)(F)F)c1N/C=C(\C=N)c1cc(C(=O)NCC2CC2)c(Cl)s1. The number of aromatic nitrogens is 2. The molecule has 3 rings (SSSR count). The number of hydrogen-bond acceptors (Lipinski definition) is 5. The van der Waals surface area contributed by atoms with Crippen molar-refractivity contribution in [2.75, 3.05) is 11.9 Å². The van der Waals surface area contributed by atoms with Gasteiger partial charge >= 0.3 is 18.3 Å². The van der Waals surface area contributed by atoms with Crippen molar-refractivity contribution in [3.63, 3.8) is 0 Å². The molecule has 3 N–H and O–H groups in total. The number of thiophene rings is 1. The van der Waals surface area contributed by atoms with Crippen LogP contribution < -0.4 is 10.6 Å². The Balaban J connectivity index is 1.95. The first-order valence-electron chi connectivity index (χ1n) is 9.72. The van der Waals surface area contributed by atoms with Crippen LogP contribution >= 0.6 is 22.9 Å². The van der Waals surface area contributed by atoms with Gasteiger partial charge in [0, 0.05) is 36.5 Å². The van der Waals surface area contributed by atoms with Crippen molar-refractivity contribution in [3.8, 4) is 0 Å². The molecule has 0 spiro atoms. The van der Waals surface area contributed by atoms with Gasteiger partial charge < -0.3 is 16.0 Å². The minimum absolute atomic E-state index is 0.0321. The van der Waals surface area contributed by atoms with E-state index in [1.807, 2.05) is 5.32 Å². The molecular formula is C19H16ClF8N5OS. The number of amides is 1. The third-order valence-corrected chi connectivity index (χ3v) is 6.38. The number of aryl methyl sites for hydroxylation is 1. The predicted molar refractivity (Wildman–Crippen MR) is 113 cm³/mol. The molecule has 1 amide bonds. The van der Waals surface area contributed by atoms with Crippen LogP contribution in [0.3, 0.4) is 0 Å². The standard InChI is InChI=1S/C19H16ClF8N5OS/c1-33-15(12(18(23,24)25)13(32-33)17(21,22)19(26,27)28)30-7-9(5-29)11-4-10(14(20)35-11)16(34)31-6-8-2-3-8/h4-5,7-8,29-30H,2-3,6H2,1H3,(H,31,34)/b9-7+,29-5?. The maximum Gasteiger partial charge on any atom is 0.459 e. The minimum atomic E-state index is -6.32. The van der Waals surface area contributed by atoms with Crippen LogP contribution in [-0.2, 0) is 19.1 Å². The van der Waals surface area contributed by atoms with Crippen LogP contribution in [0.15, 0.2) is 12.3 Å². The number of allylic oxidation sites excluding steroid dienone is 1. The van der Waals surface area contributed by atoms with Gasteiger partial charge in [-0.05, 0) is 24.8 Å². The molecule has 1 aliphatic carbocycles. The van der Waals surface area contributed by atoms with Gasteiger partial charge in [0.15, 0.2) is 5.69 Å². The number of alkyl halides is 8. The van der Waals surface area contributed by atoms with E-state index in [0.717, 1.165) is 37.4 Å². The molecular weight excluding hydrogens is 534 g/mol. The normalized spacial score (nSPS) is 15.3. The van der Waals surface area contributed by atoms with Crippen LogP contribution in [0.5, 0.6) is 0 Å². The quantitative estimate of drug-likeness (QED) is 0.277. The van der Waals surface area contributed by atoms with Crippen LogP contribution in [0.2, 0.25) is 4.34 Å². The first kappa shape index (κ1) is 26.9. The summed E-state index contributed by atoms with van der Waals surface area (Å²) >= 11 is 6.90. The van der Waals surface area contributed by atoms with Gasteiger partial charge in [0.1, 0.15) is 15.7 Å². The average Bonchev–Trinajstić information content (AvgIpc) is 3.39. The third-order valence-electron chi connectivity index (χ3n) is 4.97. The summed E-state index contributed by atoms with van der Waals surface area (Å²) in [5.74, 6) is -7.20. The molecule has 0 saturated heterocycles. The molecule has 0 atom stereocenters. The molecule has 0 bridgehead atoms. The summed E-state index contributed by atoms with van der Waals surface area (Å²) < 4.78 is 107. The van der Waals surface area contributed by atoms with E-state index in [1.165, 1.54) is 6.07 Å². The highest BCUT2D eigenvalue weighted by Gasteiger charge is 2.64. The largest absolute Gasteiger partial charge is 0.459 e. The molecule has 0 radical (unpaired) electrons. The highest BCUT2D eigenvalue weighted by molar-refractivity contribution is 7.17. The van der Waals surface area contributed by atoms with Gasteiger partial charge in [-0.2, -0.15) is 40.2 Å². The van der Waals surface area contributed by atoms with E-state index in [4.69, 9.17) is 17.0 Å². The molecule has 1 saturated carbocycles. The molecule has 192 valence electrons. The highest BCUT2D eigenvalue weighted by atomic mass is 35.5. The fraction of sp³-hybridized carbons (Fsp3) is 0.421. The van der Waals surface area contributed by atoms with Crippen molar-refractivity contribution in [1.82, 2.24) is 15.1 Å². The lowest BCUT2D eigenvalue weighted by molar-refractivity contribution is -0.292. The van der Waals surface area contributed by atoms with Crippen LogP contribution in [-0.4, -0.2) is 34.6 Å². The fourth-order valence-corrected chi connectivity index (χ4v) is 4.22. The molecule has 0 unspecified atom stereocenters. The van der Waals surface area contributed by atoms with E-state index < -0.39 is 41.3 Å². The minimum Gasteiger partial charge on any atom is -0.352 e. The maximum absolute atomic E-state index is 13.8. The van der Waals surface area contributed by atoms with Crippen LogP contribution in [0.4, 0.5) is 40.9 Å². The van der Waals surface area contributed by atoms with Crippen molar-refractivity contribution in [2.45, 2.75) is 31.1 Å². The lowest BCUT2D eigenvalue weighted by Crippen LogP contribution is -2.36. The number of rotatable bonds is 8. The Morgan fingerprint density at radius 1 is 1.26 bits per heavy atom. The average molecular weight is 550 g/mol. The highest BCUT2D eigenvalue weighted by Crippen LogP contribution is 2.49. The number of carbonyl (C=O) groups excluding carboxylic acids is 1. The topological polar surface area (TPSA) is 82.8 Å². The Labute approximate surface area is 201 Å². The monoisotopic (exact) mass is 549 g/mol. The van der Waals surface area contributed by atoms with Gasteiger partial charge in [-0.15, -0.1) is 11.3 Å². The molecule has 2 heterocycles. The number of nitrogens with one attached hydrogen (secondary N) is 3. The first-order chi connectivity index (χ1) is 16.1. The first-order valence-corrected chi connectivity index (χ1v) is 10.9. The molecule has 2 aromatic heterocycles. The van der Waals surface area contributed by atoms with E-state index in [0.29, 0.717) is 18.7 Å². The van der Waals surface area contributed by atoms with Crippen LogP contribution in [0.1, 0.15) is 39.3 Å². The lowest BCUT2D eigenvalue weighted by Gasteiger charge is -2.19. The van der Waals surface area contributed by atoms with Gasteiger partial charge in [0.25, 0.3) is 5.91 Å². The van der Waals surface area contributed by atoms with E-state index in [-0.39, 0.29) is 25.0 Å². The Morgan fingerprint density at radius 2 is 1.89 bits per heavy atom. The Kier molecular flexibility index (Phi) is 7.24. The Bertz CT molecular complexity index is 1160. The molecule has 1 fully saturated rings. The van der Waals surface area contributed by atoms with Crippen LogP contribution in [0, 0.1) is 11.3 Å². The molecule has 35 heavy (non-hydrogen) atoms. The summed E-state index contributed by atoms with van der Waals surface area (Å²) in [5, 5.41) is 15.0. The third kappa shape index (κ3) is 5.60. The van der Waals surface area contributed by atoms with Gasteiger partial charge in [-0.1, -0.05) is 11.6 Å². The zero-order valence-electron chi connectivity index (χ0n) is 17.5. The summed E-state index contributed by atoms with van der Waals surface area (Å²) in [4.78, 5) is 12.5. The summed E-state index contributed by atoms with van der Waals surface area (Å²) in [7, 11) is 0.746. The van der Waals surface area contributed by atoms with Crippen molar-refractivity contribution >= 4 is 46.5 Å². The van der Waals surface area contributed by atoms with Crippen molar-refractivity contribution in [3.05, 3.63) is 38.3 Å². The summed E-state index contributed by atoms with van der Waals surface area (Å²) in [6.45, 7) is 0.445. The zero-order valence-corrected chi connectivity index (χ0v) is 19.1. The summed E-state index contributed by atoms with van der Waals surface area (Å²) in [5.41, 5.74) is -4.89. The molecule has 0 aromatic carbocycles. The second kappa shape index (κ2) is 9.41. The number of halogens is 9. The van der Waals surface area contributed by atoms with Crippen molar-refractivity contribution < 1.29 is 39.9 Å². The Morgan fingerprint density at radius 3 is 2.40 bits per heavy atom. The summed E-state index contributed by atoms with van der Waals surface area (Å²) in [6, 6.07) is 1.28. The fourth-order valence-electron chi connectivity index (χ4n) is 2.96. The van der Waals surface area contributed by atoms with Crippen LogP contribution in [0.25, 0.3) is 5.57 Å². The number of hydrogen-bond donors (Lipinski definition) is 3.